The molecule has 0 aromatic heterocycles. The molecule has 0 fully saturated rings. The number of hydrogen-bond donors (Lipinski definition) is 1. The summed E-state index contributed by atoms with van der Waals surface area (Å²) in [4.78, 5) is 21.8. The number of ether oxygens (including phenoxy) is 1. The van der Waals surface area contributed by atoms with E-state index >= 15 is 0 Å². The van der Waals surface area contributed by atoms with Crippen molar-refractivity contribution in [3.05, 3.63) is 0 Å². The predicted molar refractivity (Wildman–Crippen MR) is 53.2 cm³/mol. The molecular formula is C9H16N2O3. The Labute approximate surface area is 83.5 Å². The second-order valence-electron chi connectivity index (χ2n) is 3.87. The molecule has 1 amide bonds. The Hall–Kier alpha value is -1.39. The standard InChI is InChI=1S/C9H16N2O3/c1-6(7(2)12)10-11-8(13)14-9(3,4)5/h1-5H3,(H,11,13)/b10-6+. The Bertz CT molecular complexity index is 264. The SMILES string of the molecule is CC(=O)/C(C)=N/NC(=O)OC(C)(C)C. The van der Waals surface area contributed by atoms with Crippen LogP contribution < -0.4 is 5.43 Å². The number of nitrogens with zero attached hydrogens (tertiary/aromatic N) is 1. The van der Waals surface area contributed by atoms with Crippen LogP contribution in [-0.4, -0.2) is 23.2 Å². The van der Waals surface area contributed by atoms with Crippen molar-refractivity contribution in [2.75, 3.05) is 0 Å². The Morgan fingerprint density at radius 3 is 2.07 bits per heavy atom. The van der Waals surface area contributed by atoms with Crippen molar-refractivity contribution in [2.45, 2.75) is 40.2 Å². The number of carbonyl (C=O) groups excluding carboxylic acids is 2. The first kappa shape index (κ1) is 12.6. The first-order chi connectivity index (χ1) is 6.22. The summed E-state index contributed by atoms with van der Waals surface area (Å²) < 4.78 is 4.90. The molecule has 0 aliphatic heterocycles. The lowest BCUT2D eigenvalue weighted by Crippen LogP contribution is -2.30. The molecule has 0 saturated heterocycles. The van der Waals surface area contributed by atoms with Crippen LogP contribution in [0.2, 0.25) is 0 Å². The van der Waals surface area contributed by atoms with Gasteiger partial charge in [-0.1, -0.05) is 0 Å². The van der Waals surface area contributed by atoms with Gasteiger partial charge in [0.05, 0.1) is 0 Å². The van der Waals surface area contributed by atoms with Crippen molar-refractivity contribution in [3.63, 3.8) is 0 Å². The van der Waals surface area contributed by atoms with Gasteiger partial charge in [-0.25, -0.2) is 10.2 Å². The molecule has 0 spiro atoms. The van der Waals surface area contributed by atoms with Gasteiger partial charge in [0.2, 0.25) is 0 Å². The predicted octanol–water partition coefficient (Wildman–Crippen LogP) is 1.48. The number of hydrogen-bond acceptors (Lipinski definition) is 4. The maximum atomic E-state index is 11.0. The lowest BCUT2D eigenvalue weighted by molar-refractivity contribution is -0.111. The average Bonchev–Trinajstić information content (AvgIpc) is 1.96. The van der Waals surface area contributed by atoms with Gasteiger partial charge in [0.25, 0.3) is 0 Å². The van der Waals surface area contributed by atoms with Crippen LogP contribution in [0.3, 0.4) is 0 Å². The molecule has 1 N–H and O–H groups in total. The number of nitrogens with one attached hydrogen (secondary N) is 1. The molecule has 0 bridgehead atoms. The van der Waals surface area contributed by atoms with Crippen molar-refractivity contribution in [1.82, 2.24) is 5.43 Å². The summed E-state index contributed by atoms with van der Waals surface area (Å²) in [6, 6.07) is 0. The molecule has 0 radical (unpaired) electrons. The summed E-state index contributed by atoms with van der Waals surface area (Å²) in [5.41, 5.74) is 1.79. The maximum absolute atomic E-state index is 11.0. The Morgan fingerprint density at radius 2 is 1.71 bits per heavy atom. The van der Waals surface area contributed by atoms with E-state index < -0.39 is 11.7 Å². The zero-order valence-electron chi connectivity index (χ0n) is 9.17. The summed E-state index contributed by atoms with van der Waals surface area (Å²) in [5, 5.41) is 3.55. The van der Waals surface area contributed by atoms with E-state index in [0.29, 0.717) is 0 Å². The van der Waals surface area contributed by atoms with Crippen molar-refractivity contribution >= 4 is 17.6 Å². The van der Waals surface area contributed by atoms with Crippen LogP contribution in [0.5, 0.6) is 0 Å². The first-order valence-corrected chi connectivity index (χ1v) is 4.26. The Balaban J connectivity index is 4.10. The summed E-state index contributed by atoms with van der Waals surface area (Å²) >= 11 is 0. The highest BCUT2D eigenvalue weighted by molar-refractivity contribution is 6.38. The van der Waals surface area contributed by atoms with Gasteiger partial charge in [0.15, 0.2) is 5.78 Å². The summed E-state index contributed by atoms with van der Waals surface area (Å²) in [6.45, 7) is 8.12. The molecule has 0 aromatic carbocycles. The van der Waals surface area contributed by atoms with Gasteiger partial charge in [-0.2, -0.15) is 5.10 Å². The van der Waals surface area contributed by atoms with Gasteiger partial charge < -0.3 is 4.74 Å². The van der Waals surface area contributed by atoms with E-state index in [2.05, 4.69) is 10.5 Å². The summed E-state index contributed by atoms with van der Waals surface area (Å²) in [5.74, 6) is -0.193. The molecule has 0 unspecified atom stereocenters. The minimum Gasteiger partial charge on any atom is -0.443 e. The van der Waals surface area contributed by atoms with Crippen LogP contribution in [0.25, 0.3) is 0 Å². The fraction of sp³-hybridized carbons (Fsp3) is 0.667. The number of Topliss-reactive ketones (excluding diaryl/α,β-unsaturated/α-hetero) is 1. The molecule has 0 aromatic rings. The molecule has 0 atom stereocenters. The van der Waals surface area contributed by atoms with Crippen molar-refractivity contribution < 1.29 is 14.3 Å². The van der Waals surface area contributed by atoms with Crippen LogP contribution in [0, 0.1) is 0 Å². The normalized spacial score (nSPS) is 12.2. The summed E-state index contributed by atoms with van der Waals surface area (Å²) in [6.07, 6.45) is -0.668. The third-order valence-electron chi connectivity index (χ3n) is 1.22. The zero-order chi connectivity index (χ0) is 11.4. The third-order valence-corrected chi connectivity index (χ3v) is 1.22. The fourth-order valence-corrected chi connectivity index (χ4v) is 0.509. The van der Waals surface area contributed by atoms with Crippen molar-refractivity contribution in [2.24, 2.45) is 5.10 Å². The monoisotopic (exact) mass is 200 g/mol. The minimum absolute atomic E-state index is 0.193. The highest BCUT2D eigenvalue weighted by Crippen LogP contribution is 2.06. The lowest BCUT2D eigenvalue weighted by Gasteiger charge is -2.18. The fourth-order valence-electron chi connectivity index (χ4n) is 0.509. The van der Waals surface area contributed by atoms with Gasteiger partial charge >= 0.3 is 6.09 Å². The molecule has 14 heavy (non-hydrogen) atoms. The Morgan fingerprint density at radius 1 is 1.21 bits per heavy atom. The van der Waals surface area contributed by atoms with Gasteiger partial charge in [0.1, 0.15) is 11.3 Å². The van der Waals surface area contributed by atoms with Gasteiger partial charge in [-0.05, 0) is 27.7 Å². The van der Waals surface area contributed by atoms with Gasteiger partial charge in [0, 0.05) is 6.92 Å². The van der Waals surface area contributed by atoms with Crippen LogP contribution >= 0.6 is 0 Å². The highest BCUT2D eigenvalue weighted by Gasteiger charge is 2.15. The minimum atomic E-state index is -0.668. The molecule has 0 saturated carbocycles. The van der Waals surface area contributed by atoms with Crippen molar-refractivity contribution in [3.8, 4) is 0 Å². The zero-order valence-corrected chi connectivity index (χ0v) is 9.17. The van der Waals surface area contributed by atoms with Crippen LogP contribution in [0.4, 0.5) is 4.79 Å². The molecule has 0 rings (SSSR count). The van der Waals surface area contributed by atoms with Crippen molar-refractivity contribution in [1.29, 1.82) is 0 Å². The molecule has 0 aliphatic carbocycles. The average molecular weight is 200 g/mol. The van der Waals surface area contributed by atoms with E-state index in [9.17, 15) is 9.59 Å². The molecule has 80 valence electrons. The molecule has 5 heteroatoms. The second kappa shape index (κ2) is 4.74. The molecule has 5 nitrogen and oxygen atoms in total. The van der Waals surface area contributed by atoms with E-state index in [1.54, 1.807) is 20.8 Å². The van der Waals surface area contributed by atoms with Crippen LogP contribution in [0.15, 0.2) is 5.10 Å². The molecule has 0 aliphatic rings. The number of rotatable bonds is 2. The van der Waals surface area contributed by atoms with Gasteiger partial charge in [-0.3, -0.25) is 4.79 Å². The quantitative estimate of drug-likeness (QED) is 0.542. The topological polar surface area (TPSA) is 67.8 Å². The number of amides is 1. The number of carbonyl (C=O) groups is 2. The van der Waals surface area contributed by atoms with E-state index in [4.69, 9.17) is 4.74 Å². The molecular weight excluding hydrogens is 184 g/mol. The first-order valence-electron chi connectivity index (χ1n) is 4.26. The van der Waals surface area contributed by atoms with Crippen LogP contribution in [-0.2, 0) is 9.53 Å². The third kappa shape index (κ3) is 6.16. The number of hydrazone groups is 1. The smallest absolute Gasteiger partial charge is 0.428 e. The van der Waals surface area contributed by atoms with E-state index in [1.165, 1.54) is 13.8 Å². The largest absolute Gasteiger partial charge is 0.443 e. The van der Waals surface area contributed by atoms with Crippen LogP contribution in [0.1, 0.15) is 34.6 Å². The highest BCUT2D eigenvalue weighted by atomic mass is 16.6. The number of ketones is 1. The maximum Gasteiger partial charge on any atom is 0.428 e. The van der Waals surface area contributed by atoms with Gasteiger partial charge in [-0.15, -0.1) is 0 Å². The lowest BCUT2D eigenvalue weighted by atomic mass is 10.2. The molecule has 0 heterocycles. The van der Waals surface area contributed by atoms with E-state index in [1.807, 2.05) is 0 Å². The second-order valence-corrected chi connectivity index (χ2v) is 3.87. The van der Waals surface area contributed by atoms with E-state index in [0.717, 1.165) is 0 Å². The summed E-state index contributed by atoms with van der Waals surface area (Å²) in [7, 11) is 0. The van der Waals surface area contributed by atoms with E-state index in [-0.39, 0.29) is 11.5 Å². The Kier molecular flexibility index (Phi) is 4.27.